The van der Waals surface area contributed by atoms with Crippen molar-refractivity contribution >= 4 is 29.9 Å². The summed E-state index contributed by atoms with van der Waals surface area (Å²) in [5, 5.41) is 7.00. The highest BCUT2D eigenvalue weighted by atomic mass is 35.5. The Hall–Kier alpha value is -0.770. The maximum Gasteiger partial charge on any atom is 0.251 e. The molecule has 0 spiro atoms. The summed E-state index contributed by atoms with van der Waals surface area (Å²) in [6.45, 7) is 6.95. The van der Waals surface area contributed by atoms with Crippen molar-refractivity contribution in [1.29, 1.82) is 0 Å². The summed E-state index contributed by atoms with van der Waals surface area (Å²) >= 11 is 5.95. The third kappa shape index (κ3) is 4.37. The molecule has 2 N–H and O–H groups in total. The molecule has 0 atom stereocenters. The number of benzene rings is 1. The molecule has 1 aliphatic rings. The first-order chi connectivity index (χ1) is 9.00. The van der Waals surface area contributed by atoms with Crippen LogP contribution in [0, 0.1) is 12.3 Å². The van der Waals surface area contributed by atoms with Crippen molar-refractivity contribution in [3.8, 4) is 0 Å². The van der Waals surface area contributed by atoms with Gasteiger partial charge in [0.1, 0.15) is 0 Å². The quantitative estimate of drug-likeness (QED) is 0.899. The van der Waals surface area contributed by atoms with Gasteiger partial charge >= 0.3 is 0 Å². The van der Waals surface area contributed by atoms with Crippen LogP contribution < -0.4 is 10.6 Å². The van der Waals surface area contributed by atoms with Crippen LogP contribution in [-0.2, 0) is 0 Å². The van der Waals surface area contributed by atoms with Crippen molar-refractivity contribution in [2.45, 2.75) is 26.7 Å². The Morgan fingerprint density at radius 3 is 2.70 bits per heavy atom. The average Bonchev–Trinajstić information content (AvgIpc) is 2.40. The van der Waals surface area contributed by atoms with Gasteiger partial charge in [-0.1, -0.05) is 24.6 Å². The highest BCUT2D eigenvalue weighted by molar-refractivity contribution is 6.31. The monoisotopic (exact) mass is 316 g/mol. The van der Waals surface area contributed by atoms with Gasteiger partial charge in [-0.2, -0.15) is 0 Å². The molecule has 3 nitrogen and oxygen atoms in total. The van der Waals surface area contributed by atoms with E-state index in [4.69, 9.17) is 11.6 Å². The van der Waals surface area contributed by atoms with Crippen molar-refractivity contribution in [1.82, 2.24) is 10.6 Å². The number of aryl methyl sites for hydroxylation is 1. The Morgan fingerprint density at radius 2 is 2.05 bits per heavy atom. The molecule has 0 saturated carbocycles. The van der Waals surface area contributed by atoms with Crippen LogP contribution in [0.1, 0.15) is 35.7 Å². The summed E-state index contributed by atoms with van der Waals surface area (Å²) in [4.78, 5) is 12.2. The number of amides is 1. The fourth-order valence-electron chi connectivity index (χ4n) is 2.43. The van der Waals surface area contributed by atoms with Gasteiger partial charge in [0.25, 0.3) is 5.91 Å². The largest absolute Gasteiger partial charge is 0.351 e. The molecule has 0 bridgehead atoms. The zero-order chi connectivity index (χ0) is 13.9. The molecule has 5 heteroatoms. The average molecular weight is 317 g/mol. The minimum Gasteiger partial charge on any atom is -0.351 e. The minimum absolute atomic E-state index is 0. The van der Waals surface area contributed by atoms with E-state index in [1.54, 1.807) is 6.07 Å². The first-order valence-electron chi connectivity index (χ1n) is 6.75. The lowest BCUT2D eigenvalue weighted by molar-refractivity contribution is 0.0921. The Kier molecular flexibility index (Phi) is 6.31. The summed E-state index contributed by atoms with van der Waals surface area (Å²) in [7, 11) is 0. The third-order valence-electron chi connectivity index (χ3n) is 3.93. The minimum atomic E-state index is -0.0280. The van der Waals surface area contributed by atoms with Gasteiger partial charge < -0.3 is 10.6 Å². The zero-order valence-electron chi connectivity index (χ0n) is 12.0. The maximum absolute atomic E-state index is 12.2. The molecule has 112 valence electrons. The van der Waals surface area contributed by atoms with Crippen LogP contribution in [0.3, 0.4) is 0 Å². The first kappa shape index (κ1) is 17.3. The number of halogens is 2. The fourth-order valence-corrected chi connectivity index (χ4v) is 2.61. The fraction of sp³-hybridized carbons (Fsp3) is 0.533. The highest BCUT2D eigenvalue weighted by Gasteiger charge is 2.27. The number of piperidine rings is 1. The molecule has 0 aliphatic carbocycles. The molecule has 1 fully saturated rings. The van der Waals surface area contributed by atoms with Crippen molar-refractivity contribution in [3.05, 3.63) is 34.3 Å². The molecular weight excluding hydrogens is 295 g/mol. The van der Waals surface area contributed by atoms with Crippen LogP contribution in [0.2, 0.25) is 5.02 Å². The number of nitrogens with one attached hydrogen (secondary N) is 2. The SMILES string of the molecule is Cc1ccc(Cl)cc1C(=O)NCC1(C)CCNCC1.Cl. The Labute approximate surface area is 131 Å². The molecule has 1 aliphatic heterocycles. The van der Waals surface area contributed by atoms with E-state index in [-0.39, 0.29) is 23.7 Å². The second kappa shape index (κ2) is 7.30. The smallest absolute Gasteiger partial charge is 0.251 e. The van der Waals surface area contributed by atoms with E-state index in [1.165, 1.54) is 0 Å². The number of hydrogen-bond donors (Lipinski definition) is 2. The summed E-state index contributed by atoms with van der Waals surface area (Å²) in [5.74, 6) is -0.0280. The van der Waals surface area contributed by atoms with Gasteiger partial charge in [0, 0.05) is 17.1 Å². The molecular formula is C15H22Cl2N2O. The van der Waals surface area contributed by atoms with Gasteiger partial charge in [0.2, 0.25) is 0 Å². The molecule has 1 amide bonds. The van der Waals surface area contributed by atoms with Gasteiger partial charge in [-0.25, -0.2) is 0 Å². The van der Waals surface area contributed by atoms with Crippen LogP contribution in [0.25, 0.3) is 0 Å². The van der Waals surface area contributed by atoms with E-state index < -0.39 is 0 Å². The second-order valence-electron chi connectivity index (χ2n) is 5.70. The molecule has 0 radical (unpaired) electrons. The second-order valence-corrected chi connectivity index (χ2v) is 6.14. The normalized spacial score (nSPS) is 17.1. The van der Waals surface area contributed by atoms with Crippen molar-refractivity contribution in [2.75, 3.05) is 19.6 Å². The van der Waals surface area contributed by atoms with Gasteiger partial charge in [-0.05, 0) is 56.0 Å². The van der Waals surface area contributed by atoms with Crippen molar-refractivity contribution in [2.24, 2.45) is 5.41 Å². The summed E-state index contributed by atoms with van der Waals surface area (Å²) < 4.78 is 0. The molecule has 1 heterocycles. The Bertz CT molecular complexity index is 471. The van der Waals surface area contributed by atoms with E-state index in [2.05, 4.69) is 17.6 Å². The zero-order valence-corrected chi connectivity index (χ0v) is 13.5. The maximum atomic E-state index is 12.2. The molecule has 0 aromatic heterocycles. The number of rotatable bonds is 3. The standard InChI is InChI=1S/C15H21ClN2O.ClH/c1-11-3-4-12(16)9-13(11)14(19)18-10-15(2)5-7-17-8-6-15;/h3-4,9,17H,5-8,10H2,1-2H3,(H,18,19);1H. The van der Waals surface area contributed by atoms with Crippen molar-refractivity contribution < 1.29 is 4.79 Å². The van der Waals surface area contributed by atoms with Gasteiger partial charge in [0.15, 0.2) is 0 Å². The van der Waals surface area contributed by atoms with E-state index in [0.29, 0.717) is 10.6 Å². The Morgan fingerprint density at radius 1 is 1.40 bits per heavy atom. The van der Waals surface area contributed by atoms with E-state index >= 15 is 0 Å². The first-order valence-corrected chi connectivity index (χ1v) is 7.13. The van der Waals surface area contributed by atoms with Gasteiger partial charge in [-0.3, -0.25) is 4.79 Å². The van der Waals surface area contributed by atoms with Crippen LogP contribution in [-0.4, -0.2) is 25.5 Å². The molecule has 2 rings (SSSR count). The van der Waals surface area contributed by atoms with E-state index in [9.17, 15) is 4.79 Å². The van der Waals surface area contributed by atoms with Gasteiger partial charge in [-0.15, -0.1) is 12.4 Å². The predicted molar refractivity (Wildman–Crippen MR) is 86.0 cm³/mol. The number of carbonyl (C=O) groups is 1. The molecule has 1 aromatic carbocycles. The van der Waals surface area contributed by atoms with Crippen LogP contribution in [0.4, 0.5) is 0 Å². The molecule has 1 saturated heterocycles. The van der Waals surface area contributed by atoms with Crippen LogP contribution in [0.5, 0.6) is 0 Å². The highest BCUT2D eigenvalue weighted by Crippen LogP contribution is 2.27. The summed E-state index contributed by atoms with van der Waals surface area (Å²) in [6, 6.07) is 5.42. The lowest BCUT2D eigenvalue weighted by atomic mass is 9.81. The summed E-state index contributed by atoms with van der Waals surface area (Å²) in [6.07, 6.45) is 2.20. The van der Waals surface area contributed by atoms with Crippen molar-refractivity contribution in [3.63, 3.8) is 0 Å². The van der Waals surface area contributed by atoms with Crippen LogP contribution >= 0.6 is 24.0 Å². The molecule has 0 unspecified atom stereocenters. The van der Waals surface area contributed by atoms with E-state index in [1.807, 2.05) is 19.1 Å². The number of carbonyl (C=O) groups excluding carboxylic acids is 1. The number of hydrogen-bond acceptors (Lipinski definition) is 2. The molecule has 20 heavy (non-hydrogen) atoms. The van der Waals surface area contributed by atoms with E-state index in [0.717, 1.165) is 38.0 Å². The lowest BCUT2D eigenvalue weighted by Crippen LogP contribution is -2.43. The Balaban J connectivity index is 0.00000200. The topological polar surface area (TPSA) is 41.1 Å². The third-order valence-corrected chi connectivity index (χ3v) is 4.17. The molecule has 1 aromatic rings. The van der Waals surface area contributed by atoms with Crippen LogP contribution in [0.15, 0.2) is 18.2 Å². The van der Waals surface area contributed by atoms with Gasteiger partial charge in [0.05, 0.1) is 0 Å². The predicted octanol–water partition coefficient (Wildman–Crippen LogP) is 3.19. The summed E-state index contributed by atoms with van der Waals surface area (Å²) in [5.41, 5.74) is 1.83. The lowest BCUT2D eigenvalue weighted by Gasteiger charge is -2.34.